The van der Waals surface area contributed by atoms with Crippen LogP contribution in [0.3, 0.4) is 0 Å². The molecule has 0 atom stereocenters. The second-order valence-electron chi connectivity index (χ2n) is 4.13. The highest BCUT2D eigenvalue weighted by Crippen LogP contribution is 2.04. The molecule has 3 nitrogen and oxygen atoms in total. The van der Waals surface area contributed by atoms with E-state index in [0.29, 0.717) is 13.4 Å². The monoisotopic (exact) mass is 232 g/mol. The van der Waals surface area contributed by atoms with Crippen LogP contribution in [-0.2, 0) is 9.47 Å². The molecule has 0 spiro atoms. The predicted octanol–water partition coefficient (Wildman–Crippen LogP) is 3.11. The zero-order valence-corrected chi connectivity index (χ0v) is 10.7. The summed E-state index contributed by atoms with van der Waals surface area (Å²) in [7, 11) is 0. The number of hydrogen-bond donors (Lipinski definition) is 1. The minimum Gasteiger partial charge on any atom is -0.396 e. The van der Waals surface area contributed by atoms with Gasteiger partial charge in [-0.1, -0.05) is 39.0 Å². The summed E-state index contributed by atoms with van der Waals surface area (Å²) in [4.78, 5) is 0. The van der Waals surface area contributed by atoms with E-state index in [1.807, 2.05) is 0 Å². The van der Waals surface area contributed by atoms with Gasteiger partial charge in [0.25, 0.3) is 0 Å². The summed E-state index contributed by atoms with van der Waals surface area (Å²) in [5.74, 6) is 0. The highest BCUT2D eigenvalue weighted by Gasteiger charge is 1.92. The van der Waals surface area contributed by atoms with Gasteiger partial charge in [-0.25, -0.2) is 0 Å². The van der Waals surface area contributed by atoms with Crippen LogP contribution in [0, 0.1) is 0 Å². The summed E-state index contributed by atoms with van der Waals surface area (Å²) in [5, 5.41) is 8.54. The topological polar surface area (TPSA) is 38.7 Å². The van der Waals surface area contributed by atoms with Gasteiger partial charge in [-0.2, -0.15) is 0 Å². The Bertz CT molecular complexity index is 104. The number of rotatable bonds is 13. The molecule has 0 saturated heterocycles. The number of aliphatic hydroxyl groups is 1. The van der Waals surface area contributed by atoms with Crippen molar-refractivity contribution in [1.29, 1.82) is 0 Å². The minimum atomic E-state index is 0.252. The second-order valence-corrected chi connectivity index (χ2v) is 4.13. The van der Waals surface area contributed by atoms with E-state index in [0.717, 1.165) is 25.9 Å². The van der Waals surface area contributed by atoms with Gasteiger partial charge in [0.2, 0.25) is 0 Å². The maximum Gasteiger partial charge on any atom is 0.146 e. The van der Waals surface area contributed by atoms with Gasteiger partial charge < -0.3 is 14.6 Å². The van der Waals surface area contributed by atoms with E-state index in [-0.39, 0.29) is 6.61 Å². The molecule has 0 aromatic carbocycles. The lowest BCUT2D eigenvalue weighted by Gasteiger charge is -2.05. The smallest absolute Gasteiger partial charge is 0.146 e. The lowest BCUT2D eigenvalue weighted by atomic mass is 10.1. The van der Waals surface area contributed by atoms with Crippen molar-refractivity contribution in [2.24, 2.45) is 0 Å². The number of ether oxygens (including phenoxy) is 2. The Morgan fingerprint density at radius 2 is 1.31 bits per heavy atom. The zero-order valence-electron chi connectivity index (χ0n) is 10.7. The van der Waals surface area contributed by atoms with Gasteiger partial charge in [0.1, 0.15) is 6.79 Å². The quantitative estimate of drug-likeness (QED) is 0.392. The minimum absolute atomic E-state index is 0.252. The van der Waals surface area contributed by atoms with Gasteiger partial charge >= 0.3 is 0 Å². The van der Waals surface area contributed by atoms with E-state index in [1.165, 1.54) is 32.1 Å². The molecular formula is C13H28O3. The first-order valence-electron chi connectivity index (χ1n) is 6.68. The first kappa shape index (κ1) is 15.9. The molecule has 0 bridgehead atoms. The molecule has 0 saturated carbocycles. The summed E-state index contributed by atoms with van der Waals surface area (Å²) >= 11 is 0. The van der Waals surface area contributed by atoms with Gasteiger partial charge in [0.05, 0.1) is 0 Å². The van der Waals surface area contributed by atoms with Crippen LogP contribution in [-0.4, -0.2) is 31.7 Å². The lowest BCUT2D eigenvalue weighted by Crippen LogP contribution is -2.03. The van der Waals surface area contributed by atoms with Crippen LogP contribution in [0.25, 0.3) is 0 Å². The largest absolute Gasteiger partial charge is 0.396 e. The Kier molecular flexibility index (Phi) is 14.8. The fourth-order valence-corrected chi connectivity index (χ4v) is 1.48. The SMILES string of the molecule is CCCCCCCCOCOCCCCO. The molecular weight excluding hydrogens is 204 g/mol. The molecule has 3 heteroatoms. The van der Waals surface area contributed by atoms with Crippen molar-refractivity contribution < 1.29 is 14.6 Å². The molecule has 0 fully saturated rings. The number of unbranched alkanes of at least 4 members (excludes halogenated alkanes) is 6. The molecule has 0 unspecified atom stereocenters. The molecule has 0 rings (SSSR count). The Morgan fingerprint density at radius 1 is 0.750 bits per heavy atom. The van der Waals surface area contributed by atoms with Gasteiger partial charge in [0, 0.05) is 19.8 Å². The van der Waals surface area contributed by atoms with Crippen LogP contribution < -0.4 is 0 Å². The van der Waals surface area contributed by atoms with Crippen LogP contribution in [0.4, 0.5) is 0 Å². The molecule has 0 aromatic heterocycles. The second kappa shape index (κ2) is 14.9. The van der Waals surface area contributed by atoms with Crippen molar-refractivity contribution in [2.75, 3.05) is 26.6 Å². The summed E-state index contributed by atoms with van der Waals surface area (Å²) in [5.41, 5.74) is 0. The van der Waals surface area contributed by atoms with E-state index >= 15 is 0 Å². The van der Waals surface area contributed by atoms with Crippen molar-refractivity contribution >= 4 is 0 Å². The van der Waals surface area contributed by atoms with Crippen LogP contribution >= 0.6 is 0 Å². The van der Waals surface area contributed by atoms with Crippen molar-refractivity contribution in [2.45, 2.75) is 58.3 Å². The third-order valence-electron chi connectivity index (χ3n) is 2.51. The van der Waals surface area contributed by atoms with E-state index in [4.69, 9.17) is 14.6 Å². The van der Waals surface area contributed by atoms with E-state index in [9.17, 15) is 0 Å². The van der Waals surface area contributed by atoms with E-state index < -0.39 is 0 Å². The van der Waals surface area contributed by atoms with Gasteiger partial charge in [-0.05, 0) is 19.3 Å². The fraction of sp³-hybridized carbons (Fsp3) is 1.00. The van der Waals surface area contributed by atoms with Gasteiger partial charge in [0.15, 0.2) is 0 Å². The highest BCUT2D eigenvalue weighted by molar-refractivity contribution is 4.42. The highest BCUT2D eigenvalue weighted by atomic mass is 16.7. The lowest BCUT2D eigenvalue weighted by molar-refractivity contribution is -0.0560. The zero-order chi connectivity index (χ0) is 11.9. The summed E-state index contributed by atoms with van der Waals surface area (Å²) in [6, 6.07) is 0. The van der Waals surface area contributed by atoms with Gasteiger partial charge in [-0.3, -0.25) is 0 Å². The third-order valence-corrected chi connectivity index (χ3v) is 2.51. The molecule has 98 valence electrons. The number of aliphatic hydroxyl groups excluding tert-OH is 1. The normalized spacial score (nSPS) is 10.9. The van der Waals surface area contributed by atoms with E-state index in [1.54, 1.807) is 0 Å². The standard InChI is InChI=1S/C13H28O3/c1-2-3-4-5-6-8-11-15-13-16-12-9-7-10-14/h14H,2-13H2,1H3. The van der Waals surface area contributed by atoms with Crippen molar-refractivity contribution in [3.8, 4) is 0 Å². The van der Waals surface area contributed by atoms with Crippen molar-refractivity contribution in [3.63, 3.8) is 0 Å². The summed E-state index contributed by atoms with van der Waals surface area (Å²) in [6.07, 6.45) is 9.48. The van der Waals surface area contributed by atoms with Crippen LogP contribution in [0.1, 0.15) is 58.3 Å². The molecule has 1 N–H and O–H groups in total. The van der Waals surface area contributed by atoms with Crippen molar-refractivity contribution in [3.05, 3.63) is 0 Å². The fourth-order valence-electron chi connectivity index (χ4n) is 1.48. The maximum absolute atomic E-state index is 8.54. The maximum atomic E-state index is 8.54. The average molecular weight is 232 g/mol. The van der Waals surface area contributed by atoms with Crippen LogP contribution in [0.15, 0.2) is 0 Å². The Balaban J connectivity index is 2.83. The first-order valence-corrected chi connectivity index (χ1v) is 6.68. The molecule has 0 aliphatic carbocycles. The van der Waals surface area contributed by atoms with Crippen LogP contribution in [0.2, 0.25) is 0 Å². The number of hydrogen-bond acceptors (Lipinski definition) is 3. The predicted molar refractivity (Wildman–Crippen MR) is 66.5 cm³/mol. The molecule has 0 amide bonds. The Labute approximate surface area is 100 Å². The van der Waals surface area contributed by atoms with Crippen molar-refractivity contribution in [1.82, 2.24) is 0 Å². The van der Waals surface area contributed by atoms with Crippen LogP contribution in [0.5, 0.6) is 0 Å². The molecule has 16 heavy (non-hydrogen) atoms. The Morgan fingerprint density at radius 3 is 1.94 bits per heavy atom. The summed E-state index contributed by atoms with van der Waals surface area (Å²) in [6.45, 7) is 4.39. The average Bonchev–Trinajstić information content (AvgIpc) is 2.31. The molecule has 0 heterocycles. The molecule has 0 radical (unpaired) electrons. The molecule has 0 aliphatic rings. The van der Waals surface area contributed by atoms with Gasteiger partial charge in [-0.15, -0.1) is 0 Å². The third kappa shape index (κ3) is 13.9. The molecule has 0 aliphatic heterocycles. The van der Waals surface area contributed by atoms with E-state index in [2.05, 4.69) is 6.92 Å². The first-order chi connectivity index (χ1) is 7.91. The Hall–Kier alpha value is -0.120. The summed E-state index contributed by atoms with van der Waals surface area (Å²) < 4.78 is 10.6. The molecule has 0 aromatic rings.